The normalized spacial score (nSPS) is 13.7. The molecule has 0 radical (unpaired) electrons. The van der Waals surface area contributed by atoms with Crippen LogP contribution in [0.15, 0.2) is 42.5 Å². The first-order valence-corrected chi connectivity index (χ1v) is 9.56. The van der Waals surface area contributed by atoms with E-state index in [-0.39, 0.29) is 17.1 Å². The van der Waals surface area contributed by atoms with Crippen molar-refractivity contribution >= 4 is 17.5 Å². The second-order valence-corrected chi connectivity index (χ2v) is 6.98. The summed E-state index contributed by atoms with van der Waals surface area (Å²) < 4.78 is 5.47. The van der Waals surface area contributed by atoms with Crippen molar-refractivity contribution in [3.05, 3.63) is 70.3 Å². The van der Waals surface area contributed by atoms with E-state index in [9.17, 15) is 14.4 Å². The fourth-order valence-electron chi connectivity index (χ4n) is 3.40. The van der Waals surface area contributed by atoms with Crippen molar-refractivity contribution in [2.24, 2.45) is 5.92 Å². The number of hydrogen-bond donors (Lipinski definition) is 0. The van der Waals surface area contributed by atoms with E-state index in [0.29, 0.717) is 34.8 Å². The zero-order chi connectivity index (χ0) is 19.4. The number of benzene rings is 2. The van der Waals surface area contributed by atoms with Crippen molar-refractivity contribution in [2.45, 2.75) is 39.5 Å². The van der Waals surface area contributed by atoms with Crippen LogP contribution in [-0.4, -0.2) is 24.1 Å². The molecule has 2 aromatic carbocycles. The van der Waals surface area contributed by atoms with Crippen LogP contribution in [-0.2, 0) is 4.74 Å². The van der Waals surface area contributed by atoms with Crippen molar-refractivity contribution in [1.29, 1.82) is 0 Å². The molecule has 140 valence electrons. The third-order valence-electron chi connectivity index (χ3n) is 5.15. The third kappa shape index (κ3) is 3.85. The monoisotopic (exact) mass is 364 g/mol. The minimum atomic E-state index is -0.452. The van der Waals surface area contributed by atoms with Crippen molar-refractivity contribution in [3.8, 4) is 0 Å². The van der Waals surface area contributed by atoms with E-state index < -0.39 is 5.97 Å². The molecule has 27 heavy (non-hydrogen) atoms. The molecule has 0 fully saturated rings. The first-order valence-electron chi connectivity index (χ1n) is 9.56. The summed E-state index contributed by atoms with van der Waals surface area (Å²) in [6.07, 6.45) is 4.23. The topological polar surface area (TPSA) is 60.4 Å². The van der Waals surface area contributed by atoms with Crippen LogP contribution >= 0.6 is 0 Å². The predicted octanol–water partition coefficient (Wildman–Crippen LogP) is 4.84. The molecular formula is C23H24O4. The van der Waals surface area contributed by atoms with Gasteiger partial charge in [0.2, 0.25) is 0 Å². The zero-order valence-electron chi connectivity index (χ0n) is 15.8. The summed E-state index contributed by atoms with van der Waals surface area (Å²) in [6, 6.07) is 11.4. The molecule has 0 heterocycles. The Bertz CT molecular complexity index is 882. The molecule has 2 aromatic rings. The largest absolute Gasteiger partial charge is 0.462 e. The number of carbonyl (C=O) groups is 3. The standard InChI is InChI=1S/C23H24O4/c1-3-5-8-15(4-2)14-27-23(26)16-11-12-19-20(13-16)22(25)18-10-7-6-9-17(18)21(19)24/h6-7,9-13,15H,3-5,8,14H2,1-2H3. The number of ketones is 2. The summed E-state index contributed by atoms with van der Waals surface area (Å²) in [4.78, 5) is 37.8. The Kier molecular flexibility index (Phi) is 5.84. The van der Waals surface area contributed by atoms with Crippen LogP contribution < -0.4 is 0 Å². The summed E-state index contributed by atoms with van der Waals surface area (Å²) in [5.41, 5.74) is 1.70. The highest BCUT2D eigenvalue weighted by molar-refractivity contribution is 6.28. The van der Waals surface area contributed by atoms with Crippen molar-refractivity contribution in [1.82, 2.24) is 0 Å². The van der Waals surface area contributed by atoms with Gasteiger partial charge in [0.1, 0.15) is 0 Å². The summed E-state index contributed by atoms with van der Waals surface area (Å²) in [7, 11) is 0. The fraction of sp³-hybridized carbons (Fsp3) is 0.348. The first kappa shape index (κ1) is 19.0. The Labute approximate surface area is 159 Å². The quantitative estimate of drug-likeness (QED) is 0.563. The Morgan fingerprint density at radius 1 is 0.926 bits per heavy atom. The molecule has 4 heteroatoms. The van der Waals surface area contributed by atoms with Gasteiger partial charge < -0.3 is 4.74 Å². The molecule has 1 aliphatic rings. The highest BCUT2D eigenvalue weighted by atomic mass is 16.5. The van der Waals surface area contributed by atoms with E-state index in [1.165, 1.54) is 6.07 Å². The SMILES string of the molecule is CCCCC(CC)COC(=O)c1ccc2c(c1)C(=O)c1ccccc1C2=O. The van der Waals surface area contributed by atoms with Gasteiger partial charge in [-0.2, -0.15) is 0 Å². The third-order valence-corrected chi connectivity index (χ3v) is 5.15. The minimum absolute atomic E-state index is 0.189. The van der Waals surface area contributed by atoms with Gasteiger partial charge >= 0.3 is 5.97 Å². The summed E-state index contributed by atoms with van der Waals surface area (Å²) in [6.45, 7) is 4.61. The summed E-state index contributed by atoms with van der Waals surface area (Å²) in [5, 5.41) is 0. The van der Waals surface area contributed by atoms with E-state index in [1.54, 1.807) is 36.4 Å². The van der Waals surface area contributed by atoms with Gasteiger partial charge in [-0.3, -0.25) is 9.59 Å². The molecule has 0 bridgehead atoms. The Morgan fingerprint density at radius 2 is 1.56 bits per heavy atom. The van der Waals surface area contributed by atoms with Crippen LogP contribution in [0.25, 0.3) is 0 Å². The van der Waals surface area contributed by atoms with Gasteiger partial charge in [0.15, 0.2) is 11.6 Å². The van der Waals surface area contributed by atoms with Gasteiger partial charge in [0, 0.05) is 22.3 Å². The predicted molar refractivity (Wildman–Crippen MR) is 103 cm³/mol. The Balaban J connectivity index is 1.79. The van der Waals surface area contributed by atoms with E-state index in [1.807, 2.05) is 0 Å². The second kappa shape index (κ2) is 8.30. The molecular weight excluding hydrogens is 340 g/mol. The molecule has 0 saturated heterocycles. The highest BCUT2D eigenvalue weighted by Gasteiger charge is 2.30. The summed E-state index contributed by atoms with van der Waals surface area (Å²) >= 11 is 0. The number of hydrogen-bond acceptors (Lipinski definition) is 4. The summed E-state index contributed by atoms with van der Waals surface area (Å²) in [5.74, 6) is -0.525. The molecule has 3 rings (SSSR count). The van der Waals surface area contributed by atoms with Gasteiger partial charge in [-0.25, -0.2) is 4.79 Å². The first-order chi connectivity index (χ1) is 13.1. The fourth-order valence-corrected chi connectivity index (χ4v) is 3.40. The van der Waals surface area contributed by atoms with Crippen LogP contribution in [0.2, 0.25) is 0 Å². The molecule has 1 atom stereocenters. The van der Waals surface area contributed by atoms with Crippen molar-refractivity contribution in [3.63, 3.8) is 0 Å². The van der Waals surface area contributed by atoms with Gasteiger partial charge in [-0.15, -0.1) is 0 Å². The van der Waals surface area contributed by atoms with Gasteiger partial charge in [-0.1, -0.05) is 57.4 Å². The van der Waals surface area contributed by atoms with Crippen LogP contribution in [0.3, 0.4) is 0 Å². The second-order valence-electron chi connectivity index (χ2n) is 6.98. The molecule has 0 amide bonds. The van der Waals surface area contributed by atoms with Crippen molar-refractivity contribution in [2.75, 3.05) is 6.61 Å². The Hall–Kier alpha value is -2.75. The molecule has 1 aliphatic carbocycles. The van der Waals surface area contributed by atoms with E-state index in [4.69, 9.17) is 4.74 Å². The van der Waals surface area contributed by atoms with Gasteiger partial charge in [0.25, 0.3) is 0 Å². The van der Waals surface area contributed by atoms with Gasteiger partial charge in [0.05, 0.1) is 12.2 Å². The maximum atomic E-state index is 12.8. The number of fused-ring (bicyclic) bond motifs is 2. The molecule has 4 nitrogen and oxygen atoms in total. The van der Waals surface area contributed by atoms with Crippen LogP contribution in [0.4, 0.5) is 0 Å². The minimum Gasteiger partial charge on any atom is -0.462 e. The lowest BCUT2D eigenvalue weighted by Crippen LogP contribution is -2.22. The number of ether oxygens (including phenoxy) is 1. The average Bonchev–Trinajstić information content (AvgIpc) is 2.71. The van der Waals surface area contributed by atoms with E-state index in [0.717, 1.165) is 25.7 Å². The van der Waals surface area contributed by atoms with E-state index in [2.05, 4.69) is 13.8 Å². The molecule has 1 unspecified atom stereocenters. The molecule has 0 aromatic heterocycles. The van der Waals surface area contributed by atoms with Gasteiger partial charge in [-0.05, 0) is 30.5 Å². The maximum absolute atomic E-state index is 12.8. The lowest BCUT2D eigenvalue weighted by atomic mass is 9.83. The zero-order valence-corrected chi connectivity index (χ0v) is 15.8. The lowest BCUT2D eigenvalue weighted by Gasteiger charge is -2.18. The van der Waals surface area contributed by atoms with Crippen molar-refractivity contribution < 1.29 is 19.1 Å². The number of esters is 1. The lowest BCUT2D eigenvalue weighted by molar-refractivity contribution is 0.0428. The molecule has 0 N–H and O–H groups in total. The van der Waals surface area contributed by atoms with Crippen LogP contribution in [0, 0.1) is 5.92 Å². The highest BCUT2D eigenvalue weighted by Crippen LogP contribution is 2.28. The number of unbranched alkanes of at least 4 members (excludes halogenated alkanes) is 1. The van der Waals surface area contributed by atoms with Crippen LogP contribution in [0.1, 0.15) is 81.7 Å². The molecule has 0 aliphatic heterocycles. The smallest absolute Gasteiger partial charge is 0.338 e. The van der Waals surface area contributed by atoms with E-state index >= 15 is 0 Å². The molecule has 0 saturated carbocycles. The Morgan fingerprint density at radius 3 is 2.19 bits per heavy atom. The average molecular weight is 364 g/mol. The number of carbonyl (C=O) groups excluding carboxylic acids is 3. The maximum Gasteiger partial charge on any atom is 0.338 e. The number of rotatable bonds is 7. The molecule has 0 spiro atoms. The van der Waals surface area contributed by atoms with Crippen LogP contribution in [0.5, 0.6) is 0 Å².